The molecular formula is C10H13NO. The molecular weight excluding hydrogens is 150 g/mol. The van der Waals surface area contributed by atoms with Gasteiger partial charge < -0.3 is 4.74 Å². The molecule has 0 unspecified atom stereocenters. The highest BCUT2D eigenvalue weighted by Gasteiger charge is 2.10. The Morgan fingerprint density at radius 3 is 3.33 bits per heavy atom. The van der Waals surface area contributed by atoms with Crippen LogP contribution in [0.2, 0.25) is 0 Å². The lowest BCUT2D eigenvalue weighted by Gasteiger charge is -2.16. The SMILES string of the molecule is CCc1cc2c(cn1)CCCO2. The average Bonchev–Trinajstić information content (AvgIpc) is 2.17. The van der Waals surface area contributed by atoms with Gasteiger partial charge in [-0.1, -0.05) is 6.92 Å². The summed E-state index contributed by atoms with van der Waals surface area (Å²) in [5.41, 5.74) is 2.38. The summed E-state index contributed by atoms with van der Waals surface area (Å²) in [4.78, 5) is 4.33. The van der Waals surface area contributed by atoms with Crippen LogP contribution in [0.15, 0.2) is 12.3 Å². The highest BCUT2D eigenvalue weighted by molar-refractivity contribution is 5.34. The van der Waals surface area contributed by atoms with Crippen molar-refractivity contribution in [2.24, 2.45) is 0 Å². The second-order valence-corrected chi connectivity index (χ2v) is 3.09. The first-order valence-corrected chi connectivity index (χ1v) is 4.50. The topological polar surface area (TPSA) is 22.1 Å². The van der Waals surface area contributed by atoms with Crippen LogP contribution in [0.4, 0.5) is 0 Å². The van der Waals surface area contributed by atoms with Crippen molar-refractivity contribution in [1.82, 2.24) is 4.98 Å². The zero-order chi connectivity index (χ0) is 8.39. The van der Waals surface area contributed by atoms with Crippen molar-refractivity contribution in [3.63, 3.8) is 0 Å². The van der Waals surface area contributed by atoms with Crippen LogP contribution in [0.25, 0.3) is 0 Å². The lowest BCUT2D eigenvalue weighted by atomic mass is 10.1. The van der Waals surface area contributed by atoms with Crippen molar-refractivity contribution < 1.29 is 4.74 Å². The van der Waals surface area contributed by atoms with E-state index in [1.807, 2.05) is 6.20 Å². The van der Waals surface area contributed by atoms with E-state index in [0.29, 0.717) is 0 Å². The molecule has 2 heteroatoms. The molecule has 12 heavy (non-hydrogen) atoms. The van der Waals surface area contributed by atoms with E-state index in [-0.39, 0.29) is 0 Å². The monoisotopic (exact) mass is 163 g/mol. The molecule has 0 saturated carbocycles. The number of nitrogens with zero attached hydrogens (tertiary/aromatic N) is 1. The Morgan fingerprint density at radius 1 is 1.58 bits per heavy atom. The molecule has 1 aliphatic rings. The summed E-state index contributed by atoms with van der Waals surface area (Å²) < 4.78 is 5.53. The molecule has 0 atom stereocenters. The van der Waals surface area contributed by atoms with Gasteiger partial charge in [-0.05, 0) is 19.3 Å². The number of pyridine rings is 1. The van der Waals surface area contributed by atoms with E-state index >= 15 is 0 Å². The molecule has 0 amide bonds. The summed E-state index contributed by atoms with van der Waals surface area (Å²) in [6.07, 6.45) is 5.18. The Balaban J connectivity index is 2.36. The number of aryl methyl sites for hydroxylation is 2. The molecule has 2 nitrogen and oxygen atoms in total. The van der Waals surface area contributed by atoms with Crippen LogP contribution in [0.1, 0.15) is 24.6 Å². The largest absolute Gasteiger partial charge is 0.493 e. The molecule has 0 N–H and O–H groups in total. The smallest absolute Gasteiger partial charge is 0.125 e. The fourth-order valence-corrected chi connectivity index (χ4v) is 1.47. The molecule has 1 aliphatic heterocycles. The molecule has 1 aromatic heterocycles. The Labute approximate surface area is 72.6 Å². The molecule has 0 fully saturated rings. The van der Waals surface area contributed by atoms with E-state index in [9.17, 15) is 0 Å². The quantitative estimate of drug-likeness (QED) is 0.631. The lowest BCUT2D eigenvalue weighted by Crippen LogP contribution is -2.09. The normalized spacial score (nSPS) is 15.1. The van der Waals surface area contributed by atoms with Crippen molar-refractivity contribution in [1.29, 1.82) is 0 Å². The summed E-state index contributed by atoms with van der Waals surface area (Å²) in [6, 6.07) is 2.06. The minimum absolute atomic E-state index is 0.861. The Kier molecular flexibility index (Phi) is 1.98. The standard InChI is InChI=1S/C10H13NO/c1-2-9-6-10-8(7-11-9)4-3-5-12-10/h6-7H,2-5H2,1H3. The van der Waals surface area contributed by atoms with Gasteiger partial charge in [-0.3, -0.25) is 4.98 Å². The van der Waals surface area contributed by atoms with Crippen molar-refractivity contribution in [3.8, 4) is 5.75 Å². The van der Waals surface area contributed by atoms with Crippen LogP contribution < -0.4 is 4.74 Å². The predicted molar refractivity (Wildman–Crippen MR) is 47.4 cm³/mol. The highest BCUT2D eigenvalue weighted by atomic mass is 16.5. The summed E-state index contributed by atoms with van der Waals surface area (Å²) in [7, 11) is 0. The minimum Gasteiger partial charge on any atom is -0.493 e. The maximum atomic E-state index is 5.53. The maximum Gasteiger partial charge on any atom is 0.125 e. The maximum absolute atomic E-state index is 5.53. The zero-order valence-electron chi connectivity index (χ0n) is 7.34. The van der Waals surface area contributed by atoms with Crippen molar-refractivity contribution >= 4 is 0 Å². The van der Waals surface area contributed by atoms with E-state index in [2.05, 4.69) is 18.0 Å². The average molecular weight is 163 g/mol. The molecule has 2 heterocycles. The molecule has 0 bridgehead atoms. The van der Waals surface area contributed by atoms with Gasteiger partial charge in [-0.2, -0.15) is 0 Å². The van der Waals surface area contributed by atoms with Crippen LogP contribution in [0.3, 0.4) is 0 Å². The van der Waals surface area contributed by atoms with E-state index in [1.165, 1.54) is 5.56 Å². The molecule has 0 saturated heterocycles. The third-order valence-electron chi connectivity index (χ3n) is 2.21. The molecule has 2 rings (SSSR count). The molecule has 1 aromatic rings. The van der Waals surface area contributed by atoms with Gasteiger partial charge in [0.25, 0.3) is 0 Å². The first-order chi connectivity index (χ1) is 5.90. The van der Waals surface area contributed by atoms with E-state index in [4.69, 9.17) is 4.74 Å². The number of hydrogen-bond donors (Lipinski definition) is 0. The number of rotatable bonds is 1. The van der Waals surface area contributed by atoms with Gasteiger partial charge in [0.2, 0.25) is 0 Å². The fourth-order valence-electron chi connectivity index (χ4n) is 1.47. The minimum atomic E-state index is 0.861. The van der Waals surface area contributed by atoms with Crippen molar-refractivity contribution in [2.45, 2.75) is 26.2 Å². The number of ether oxygens (including phenoxy) is 1. The Hall–Kier alpha value is -1.05. The van der Waals surface area contributed by atoms with Gasteiger partial charge in [-0.25, -0.2) is 0 Å². The fraction of sp³-hybridized carbons (Fsp3) is 0.500. The van der Waals surface area contributed by atoms with E-state index in [0.717, 1.165) is 37.3 Å². The second-order valence-electron chi connectivity index (χ2n) is 3.09. The molecule has 64 valence electrons. The molecule has 0 radical (unpaired) electrons. The van der Waals surface area contributed by atoms with Gasteiger partial charge in [-0.15, -0.1) is 0 Å². The summed E-state index contributed by atoms with van der Waals surface area (Å²) in [5.74, 6) is 1.05. The third-order valence-corrected chi connectivity index (χ3v) is 2.21. The zero-order valence-corrected chi connectivity index (χ0v) is 7.34. The summed E-state index contributed by atoms with van der Waals surface area (Å²) in [6.45, 7) is 2.97. The highest BCUT2D eigenvalue weighted by Crippen LogP contribution is 2.24. The van der Waals surface area contributed by atoms with Crippen LogP contribution in [0, 0.1) is 0 Å². The predicted octanol–water partition coefficient (Wildman–Crippen LogP) is 1.97. The third kappa shape index (κ3) is 1.29. The number of aromatic nitrogens is 1. The Bertz CT molecular complexity index is 283. The molecule has 0 aromatic carbocycles. The summed E-state index contributed by atoms with van der Waals surface area (Å²) >= 11 is 0. The van der Waals surface area contributed by atoms with Gasteiger partial charge >= 0.3 is 0 Å². The van der Waals surface area contributed by atoms with Gasteiger partial charge in [0.1, 0.15) is 5.75 Å². The number of fused-ring (bicyclic) bond motifs is 1. The molecule has 0 aliphatic carbocycles. The van der Waals surface area contributed by atoms with Crippen molar-refractivity contribution in [3.05, 3.63) is 23.5 Å². The van der Waals surface area contributed by atoms with E-state index < -0.39 is 0 Å². The summed E-state index contributed by atoms with van der Waals surface area (Å²) in [5, 5.41) is 0. The first-order valence-electron chi connectivity index (χ1n) is 4.50. The second kappa shape index (κ2) is 3.13. The van der Waals surface area contributed by atoms with Crippen LogP contribution in [-0.2, 0) is 12.8 Å². The van der Waals surface area contributed by atoms with Crippen molar-refractivity contribution in [2.75, 3.05) is 6.61 Å². The molecule has 0 spiro atoms. The van der Waals surface area contributed by atoms with Crippen LogP contribution >= 0.6 is 0 Å². The first kappa shape index (κ1) is 7.59. The van der Waals surface area contributed by atoms with Gasteiger partial charge in [0.15, 0.2) is 0 Å². The Morgan fingerprint density at radius 2 is 2.50 bits per heavy atom. The van der Waals surface area contributed by atoms with Gasteiger partial charge in [0, 0.05) is 23.5 Å². The van der Waals surface area contributed by atoms with Crippen LogP contribution in [0.5, 0.6) is 5.75 Å². The van der Waals surface area contributed by atoms with Crippen LogP contribution in [-0.4, -0.2) is 11.6 Å². The van der Waals surface area contributed by atoms with Gasteiger partial charge in [0.05, 0.1) is 6.61 Å². The van der Waals surface area contributed by atoms with E-state index in [1.54, 1.807) is 0 Å². The lowest BCUT2D eigenvalue weighted by molar-refractivity contribution is 0.287. The number of hydrogen-bond acceptors (Lipinski definition) is 2.